The van der Waals surface area contributed by atoms with E-state index in [1.807, 2.05) is 0 Å². The summed E-state index contributed by atoms with van der Waals surface area (Å²) in [5.41, 5.74) is 0. The average Bonchev–Trinajstić information content (AvgIpc) is 0.811. The molecule has 0 radical (unpaired) electrons. The zero-order valence-corrected chi connectivity index (χ0v) is 4.91. The fourth-order valence-corrected chi connectivity index (χ4v) is 0. The van der Waals surface area contributed by atoms with Crippen molar-refractivity contribution in [2.45, 2.75) is 6.92 Å². The standard InChI is InChI=1S/C2H6OSi/c1-2(3)4/h1,4H3. The highest BCUT2D eigenvalue weighted by atomic mass is 28.1. The van der Waals surface area contributed by atoms with Crippen LogP contribution in [0.25, 0.3) is 0 Å². The number of carbonyl (C=O) groups excluding carboxylic acids is 1. The van der Waals surface area contributed by atoms with Crippen LogP contribution in [0.3, 0.4) is 0 Å². The molecule has 0 bridgehead atoms. The van der Waals surface area contributed by atoms with Crippen LogP contribution < -0.4 is 0 Å². The molecule has 0 amide bonds. The van der Waals surface area contributed by atoms with Crippen molar-refractivity contribution in [3.63, 3.8) is 0 Å². The first kappa shape index (κ1) is 3.89. The Morgan fingerprint density at radius 1 is 2.00 bits per heavy atom. The van der Waals surface area contributed by atoms with Crippen LogP contribution >= 0.6 is 0 Å². The molecule has 24 valence electrons. The first-order chi connectivity index (χ1) is 1.73. The van der Waals surface area contributed by atoms with Crippen molar-refractivity contribution in [1.29, 1.82) is 0 Å². The summed E-state index contributed by atoms with van der Waals surface area (Å²) >= 11 is 0. The van der Waals surface area contributed by atoms with Crippen LogP contribution in [0.4, 0.5) is 0 Å². The van der Waals surface area contributed by atoms with Gasteiger partial charge in [-0.15, -0.1) is 0 Å². The Morgan fingerprint density at radius 2 is 2.00 bits per heavy atom. The summed E-state index contributed by atoms with van der Waals surface area (Å²) in [5, 5.41) is 0.306. The Balaban J connectivity index is 2.80. The van der Waals surface area contributed by atoms with Crippen LogP contribution in [0.5, 0.6) is 0 Å². The van der Waals surface area contributed by atoms with E-state index in [-0.39, 0.29) is 0 Å². The van der Waals surface area contributed by atoms with Crippen molar-refractivity contribution in [2.75, 3.05) is 0 Å². The second-order valence-electron chi connectivity index (χ2n) is 0.908. The summed E-state index contributed by atoms with van der Waals surface area (Å²) in [6.45, 7) is 1.59. The van der Waals surface area contributed by atoms with E-state index < -0.39 is 0 Å². The molecule has 0 aliphatic heterocycles. The highest BCUT2D eigenvalue weighted by Crippen LogP contribution is 1.40. The number of hydrogen-bond donors (Lipinski definition) is 0. The van der Waals surface area contributed by atoms with Gasteiger partial charge in [0, 0.05) is 0 Å². The maximum Gasteiger partial charge on any atom is 0.0973 e. The molecule has 0 N–H and O–H groups in total. The third-order valence-corrected chi connectivity index (χ3v) is 0. The van der Waals surface area contributed by atoms with Gasteiger partial charge in [0.25, 0.3) is 0 Å². The van der Waals surface area contributed by atoms with E-state index in [9.17, 15) is 4.79 Å². The van der Waals surface area contributed by atoms with E-state index in [2.05, 4.69) is 0 Å². The van der Waals surface area contributed by atoms with Crippen LogP contribution in [-0.4, -0.2) is 15.6 Å². The monoisotopic (exact) mass is 74.0 g/mol. The molecule has 0 spiro atoms. The van der Waals surface area contributed by atoms with Crippen LogP contribution in [0.15, 0.2) is 0 Å². The van der Waals surface area contributed by atoms with Crippen molar-refractivity contribution < 1.29 is 4.79 Å². The maximum absolute atomic E-state index is 9.51. The molecule has 0 unspecified atom stereocenters. The Bertz CT molecular complexity index is 29.0. The van der Waals surface area contributed by atoms with Gasteiger partial charge < -0.3 is 4.79 Å². The Morgan fingerprint density at radius 3 is 2.00 bits per heavy atom. The van der Waals surface area contributed by atoms with Gasteiger partial charge in [0.1, 0.15) is 0 Å². The molecule has 2 heteroatoms. The van der Waals surface area contributed by atoms with Gasteiger partial charge in [-0.1, -0.05) is 0 Å². The van der Waals surface area contributed by atoms with E-state index in [0.717, 1.165) is 0 Å². The van der Waals surface area contributed by atoms with Crippen LogP contribution in [-0.2, 0) is 4.79 Å². The second-order valence-corrected chi connectivity index (χ2v) is 2.32. The van der Waals surface area contributed by atoms with Gasteiger partial charge in [0.05, 0.1) is 15.6 Å². The largest absolute Gasteiger partial charge is 0.307 e. The Hall–Kier alpha value is -0.113. The highest BCUT2D eigenvalue weighted by molar-refractivity contribution is 6.56. The summed E-state index contributed by atoms with van der Waals surface area (Å²) < 4.78 is 0. The molecule has 0 aromatic carbocycles. The zero-order valence-electron chi connectivity index (χ0n) is 2.91. The third-order valence-electron chi connectivity index (χ3n) is 0. The molecule has 0 aromatic rings. The van der Waals surface area contributed by atoms with E-state index in [0.29, 0.717) is 15.6 Å². The summed E-state index contributed by atoms with van der Waals surface area (Å²) in [6, 6.07) is 0. The molecule has 0 saturated carbocycles. The molecule has 0 fully saturated rings. The molecule has 0 rings (SSSR count). The maximum atomic E-state index is 9.51. The number of carbonyl (C=O) groups is 1. The molecular weight excluding hydrogens is 68.1 g/mol. The fraction of sp³-hybridized carbons (Fsp3) is 0.500. The van der Waals surface area contributed by atoms with E-state index in [1.54, 1.807) is 6.92 Å². The predicted octanol–water partition coefficient (Wildman–Crippen LogP) is -1.10. The quantitative estimate of drug-likeness (QED) is 0.333. The van der Waals surface area contributed by atoms with E-state index >= 15 is 0 Å². The van der Waals surface area contributed by atoms with E-state index in [1.165, 1.54) is 0 Å². The lowest BCUT2D eigenvalue weighted by Gasteiger charge is -1.56. The summed E-state index contributed by atoms with van der Waals surface area (Å²) in [7, 11) is 0.710. The Labute approximate surface area is 28.4 Å². The number of rotatable bonds is 0. The molecular formula is C2H6OSi. The van der Waals surface area contributed by atoms with Gasteiger partial charge in [-0.3, -0.25) is 0 Å². The van der Waals surface area contributed by atoms with Crippen molar-refractivity contribution >= 4 is 15.6 Å². The third kappa shape index (κ3) is 116. The molecule has 0 aliphatic rings. The number of hydrogen-bond acceptors (Lipinski definition) is 1. The molecule has 1 nitrogen and oxygen atoms in total. The molecule has 0 saturated heterocycles. The lowest BCUT2D eigenvalue weighted by molar-refractivity contribution is -0.109. The van der Waals surface area contributed by atoms with Crippen molar-refractivity contribution in [3.05, 3.63) is 0 Å². The highest BCUT2D eigenvalue weighted by Gasteiger charge is 1.62. The van der Waals surface area contributed by atoms with Crippen LogP contribution in [0.2, 0.25) is 0 Å². The minimum absolute atomic E-state index is 0.306. The topological polar surface area (TPSA) is 17.1 Å². The van der Waals surface area contributed by atoms with Gasteiger partial charge in [0.2, 0.25) is 0 Å². The predicted molar refractivity (Wildman–Crippen MR) is 20.6 cm³/mol. The SMILES string of the molecule is CC(=O)[SiH3]. The molecule has 4 heavy (non-hydrogen) atoms. The van der Waals surface area contributed by atoms with Crippen molar-refractivity contribution in [2.24, 2.45) is 0 Å². The van der Waals surface area contributed by atoms with Crippen LogP contribution in [0, 0.1) is 0 Å². The van der Waals surface area contributed by atoms with Gasteiger partial charge >= 0.3 is 0 Å². The van der Waals surface area contributed by atoms with Gasteiger partial charge in [-0.05, 0) is 6.92 Å². The summed E-state index contributed by atoms with van der Waals surface area (Å²) in [5.74, 6) is 0. The van der Waals surface area contributed by atoms with Crippen LogP contribution in [0.1, 0.15) is 6.92 Å². The molecule has 0 aromatic heterocycles. The summed E-state index contributed by atoms with van der Waals surface area (Å²) in [4.78, 5) is 9.51. The second kappa shape index (κ2) is 1.23. The lowest BCUT2D eigenvalue weighted by atomic mass is 10.9. The average molecular weight is 74.2 g/mol. The first-order valence-corrected chi connectivity index (χ1v) is 2.20. The summed E-state index contributed by atoms with van der Waals surface area (Å²) in [6.07, 6.45) is 0. The smallest absolute Gasteiger partial charge is 0.0973 e. The minimum atomic E-state index is 0.306. The normalized spacial score (nSPS) is 7.25. The lowest BCUT2D eigenvalue weighted by Crippen LogP contribution is -1.80. The fourth-order valence-electron chi connectivity index (χ4n) is 0. The minimum Gasteiger partial charge on any atom is -0.307 e. The molecule has 0 aliphatic carbocycles. The van der Waals surface area contributed by atoms with Gasteiger partial charge in [-0.2, -0.15) is 0 Å². The van der Waals surface area contributed by atoms with Crippen molar-refractivity contribution in [3.8, 4) is 0 Å². The Kier molecular flexibility index (Phi) is 1.20. The van der Waals surface area contributed by atoms with Crippen molar-refractivity contribution in [1.82, 2.24) is 0 Å². The first-order valence-electron chi connectivity index (χ1n) is 1.20. The molecule has 0 heterocycles. The van der Waals surface area contributed by atoms with Gasteiger partial charge in [-0.25, -0.2) is 0 Å². The van der Waals surface area contributed by atoms with E-state index in [4.69, 9.17) is 0 Å². The zero-order chi connectivity index (χ0) is 3.58. The van der Waals surface area contributed by atoms with Gasteiger partial charge in [0.15, 0.2) is 0 Å². The molecule has 0 atom stereocenters.